The lowest BCUT2D eigenvalue weighted by Gasteiger charge is -2.21. The first-order chi connectivity index (χ1) is 16.2. The summed E-state index contributed by atoms with van der Waals surface area (Å²) in [6, 6.07) is 15.7. The van der Waals surface area contributed by atoms with Gasteiger partial charge in [-0.1, -0.05) is 54.1 Å². The van der Waals surface area contributed by atoms with Crippen LogP contribution in [-0.2, 0) is 11.2 Å². The van der Waals surface area contributed by atoms with Crippen LogP contribution in [0, 0.1) is 0 Å². The Morgan fingerprint density at radius 1 is 1.09 bits per heavy atom. The van der Waals surface area contributed by atoms with Crippen LogP contribution < -0.4 is 5.32 Å². The van der Waals surface area contributed by atoms with Gasteiger partial charge in [0.1, 0.15) is 5.69 Å². The first-order valence-electron chi connectivity index (χ1n) is 10.5. The van der Waals surface area contributed by atoms with E-state index in [4.69, 9.17) is 16.7 Å². The summed E-state index contributed by atoms with van der Waals surface area (Å²) >= 11 is 6.49. The standard InChI is InChI=1S/C24H25ClN4O5/c1-29(2)23(32)20-13-19(27-28-20)22(31)26-17(12-21(30)24(33)34)10-16-9-8-15(11-18(16)25)14-6-4-3-5-7-14/h3-9,11,13,17,21,30H,10,12H2,1-2H3,(H,26,31)(H,27,28)(H,33,34)/t17-,21-/m1/s1. The fourth-order valence-electron chi connectivity index (χ4n) is 3.39. The molecule has 0 saturated heterocycles. The number of carbonyl (C=O) groups excluding carboxylic acids is 2. The number of aliphatic hydroxyl groups excluding tert-OH is 1. The van der Waals surface area contributed by atoms with Crippen molar-refractivity contribution in [1.29, 1.82) is 0 Å². The van der Waals surface area contributed by atoms with Crippen LogP contribution in [0.1, 0.15) is 33.0 Å². The van der Waals surface area contributed by atoms with Crippen molar-refractivity contribution in [2.24, 2.45) is 0 Å². The normalized spacial score (nSPS) is 12.6. The van der Waals surface area contributed by atoms with Gasteiger partial charge in [-0.15, -0.1) is 0 Å². The molecule has 0 fully saturated rings. The number of amides is 2. The Morgan fingerprint density at radius 3 is 2.41 bits per heavy atom. The Morgan fingerprint density at radius 2 is 1.79 bits per heavy atom. The van der Waals surface area contributed by atoms with Crippen molar-refractivity contribution in [3.8, 4) is 11.1 Å². The molecular formula is C24H25ClN4O5. The molecule has 10 heteroatoms. The minimum Gasteiger partial charge on any atom is -0.479 e. The predicted octanol–water partition coefficient (Wildman–Crippen LogP) is 2.61. The van der Waals surface area contributed by atoms with E-state index in [1.807, 2.05) is 36.4 Å². The number of hydrogen-bond acceptors (Lipinski definition) is 5. The van der Waals surface area contributed by atoms with Gasteiger partial charge in [-0.3, -0.25) is 14.7 Å². The number of aromatic nitrogens is 2. The fourth-order valence-corrected chi connectivity index (χ4v) is 3.65. The van der Waals surface area contributed by atoms with Gasteiger partial charge in [0.05, 0.1) is 0 Å². The quantitative estimate of drug-likeness (QED) is 0.368. The Balaban J connectivity index is 1.79. The highest BCUT2D eigenvalue weighted by Crippen LogP contribution is 2.27. The largest absolute Gasteiger partial charge is 0.479 e. The lowest BCUT2D eigenvalue weighted by Crippen LogP contribution is -2.40. The second-order valence-corrected chi connectivity index (χ2v) is 8.41. The number of carboxylic acid groups (broad SMARTS) is 1. The number of H-pyrrole nitrogens is 1. The summed E-state index contributed by atoms with van der Waals surface area (Å²) in [6.45, 7) is 0. The van der Waals surface area contributed by atoms with Gasteiger partial charge in [0.15, 0.2) is 11.8 Å². The number of hydrogen-bond donors (Lipinski definition) is 4. The van der Waals surface area contributed by atoms with E-state index in [0.717, 1.165) is 11.1 Å². The molecule has 3 aromatic rings. The second kappa shape index (κ2) is 11.0. The van der Waals surface area contributed by atoms with Gasteiger partial charge in [-0.05, 0) is 29.2 Å². The molecule has 0 aliphatic carbocycles. The molecule has 0 unspecified atom stereocenters. The van der Waals surface area contributed by atoms with Gasteiger partial charge in [0, 0.05) is 37.6 Å². The highest BCUT2D eigenvalue weighted by atomic mass is 35.5. The minimum absolute atomic E-state index is 0.0329. The summed E-state index contributed by atoms with van der Waals surface area (Å²) in [4.78, 5) is 37.3. The van der Waals surface area contributed by atoms with E-state index in [9.17, 15) is 19.5 Å². The van der Waals surface area contributed by atoms with Crippen molar-refractivity contribution in [3.63, 3.8) is 0 Å². The van der Waals surface area contributed by atoms with E-state index >= 15 is 0 Å². The molecule has 1 aromatic heterocycles. The first kappa shape index (κ1) is 24.9. The van der Waals surface area contributed by atoms with Crippen molar-refractivity contribution >= 4 is 29.4 Å². The highest BCUT2D eigenvalue weighted by Gasteiger charge is 2.24. The Hall–Kier alpha value is -3.69. The van der Waals surface area contributed by atoms with Gasteiger partial charge >= 0.3 is 5.97 Å². The number of carbonyl (C=O) groups is 3. The molecule has 3 rings (SSSR count). The summed E-state index contributed by atoms with van der Waals surface area (Å²) in [6.07, 6.45) is -1.74. The highest BCUT2D eigenvalue weighted by molar-refractivity contribution is 6.31. The fraction of sp³-hybridized carbons (Fsp3) is 0.250. The summed E-state index contributed by atoms with van der Waals surface area (Å²) in [5.74, 6) is -2.37. The molecule has 0 aliphatic heterocycles. The topological polar surface area (TPSA) is 136 Å². The zero-order chi connectivity index (χ0) is 24.8. The van der Waals surface area contributed by atoms with Crippen LogP contribution in [0.2, 0.25) is 5.02 Å². The molecule has 2 aromatic carbocycles. The third-order valence-corrected chi connectivity index (χ3v) is 5.55. The van der Waals surface area contributed by atoms with Crippen molar-refractivity contribution in [1.82, 2.24) is 20.4 Å². The van der Waals surface area contributed by atoms with Gasteiger partial charge in [-0.25, -0.2) is 4.79 Å². The molecule has 9 nitrogen and oxygen atoms in total. The van der Waals surface area contributed by atoms with Crippen LogP contribution in [0.4, 0.5) is 0 Å². The van der Waals surface area contributed by atoms with Gasteiger partial charge in [0.25, 0.3) is 11.8 Å². The number of rotatable bonds is 9. The lowest BCUT2D eigenvalue weighted by atomic mass is 9.97. The molecular weight excluding hydrogens is 460 g/mol. The summed E-state index contributed by atoms with van der Waals surface area (Å²) in [5.41, 5.74) is 2.68. The molecule has 2 amide bonds. The Bertz CT molecular complexity index is 1180. The van der Waals surface area contributed by atoms with Crippen LogP contribution in [0.15, 0.2) is 54.6 Å². The number of benzene rings is 2. The molecule has 0 radical (unpaired) electrons. The minimum atomic E-state index is -1.68. The molecule has 34 heavy (non-hydrogen) atoms. The number of nitrogens with zero attached hydrogens (tertiary/aromatic N) is 2. The van der Waals surface area contributed by atoms with Crippen molar-refractivity contribution in [3.05, 3.63) is 76.6 Å². The van der Waals surface area contributed by atoms with E-state index in [-0.39, 0.29) is 30.1 Å². The first-order valence-corrected chi connectivity index (χ1v) is 10.9. The number of halogens is 1. The molecule has 1 heterocycles. The maximum atomic E-state index is 12.8. The third-order valence-electron chi connectivity index (χ3n) is 5.20. The van der Waals surface area contributed by atoms with Crippen LogP contribution >= 0.6 is 11.6 Å². The predicted molar refractivity (Wildman–Crippen MR) is 127 cm³/mol. The van der Waals surface area contributed by atoms with Crippen LogP contribution in [0.25, 0.3) is 11.1 Å². The van der Waals surface area contributed by atoms with Crippen LogP contribution in [-0.4, -0.2) is 69.3 Å². The van der Waals surface area contributed by atoms with Gasteiger partial charge < -0.3 is 20.4 Å². The second-order valence-electron chi connectivity index (χ2n) is 8.00. The van der Waals surface area contributed by atoms with Crippen LogP contribution in [0.3, 0.4) is 0 Å². The SMILES string of the molecule is CN(C)C(=O)c1cc(C(=O)N[C@H](Cc2ccc(-c3ccccc3)cc2Cl)C[C@@H](O)C(=O)O)[nH]n1. The smallest absolute Gasteiger partial charge is 0.332 e. The van der Waals surface area contributed by atoms with Crippen LogP contribution in [0.5, 0.6) is 0 Å². The molecule has 0 aliphatic rings. The molecule has 4 N–H and O–H groups in total. The maximum absolute atomic E-state index is 12.8. The maximum Gasteiger partial charge on any atom is 0.332 e. The molecule has 0 saturated carbocycles. The average molecular weight is 485 g/mol. The third kappa shape index (κ3) is 6.21. The average Bonchev–Trinajstić information content (AvgIpc) is 3.30. The lowest BCUT2D eigenvalue weighted by molar-refractivity contribution is -0.147. The monoisotopic (exact) mass is 484 g/mol. The van der Waals surface area contributed by atoms with Crippen molar-refractivity contribution in [2.75, 3.05) is 14.1 Å². The Kier molecular flexibility index (Phi) is 8.04. The summed E-state index contributed by atoms with van der Waals surface area (Å²) in [5, 5.41) is 28.6. The number of aromatic amines is 1. The van der Waals surface area contributed by atoms with E-state index in [0.29, 0.717) is 10.6 Å². The number of nitrogens with one attached hydrogen (secondary N) is 2. The number of carboxylic acids is 1. The Labute approximate surface area is 201 Å². The van der Waals surface area contributed by atoms with E-state index in [1.54, 1.807) is 26.2 Å². The molecule has 178 valence electrons. The zero-order valence-electron chi connectivity index (χ0n) is 18.7. The van der Waals surface area contributed by atoms with Gasteiger partial charge in [-0.2, -0.15) is 5.10 Å². The molecule has 0 spiro atoms. The van der Waals surface area contributed by atoms with Crippen molar-refractivity contribution in [2.45, 2.75) is 25.0 Å². The van der Waals surface area contributed by atoms with E-state index < -0.39 is 24.0 Å². The summed E-state index contributed by atoms with van der Waals surface area (Å²) in [7, 11) is 3.12. The van der Waals surface area contributed by atoms with Crippen molar-refractivity contribution < 1.29 is 24.6 Å². The molecule has 0 bridgehead atoms. The number of aliphatic carboxylic acids is 1. The van der Waals surface area contributed by atoms with E-state index in [1.165, 1.54) is 11.0 Å². The molecule has 2 atom stereocenters. The van der Waals surface area contributed by atoms with E-state index in [2.05, 4.69) is 15.5 Å². The van der Waals surface area contributed by atoms with Gasteiger partial charge in [0.2, 0.25) is 0 Å². The summed E-state index contributed by atoms with van der Waals surface area (Å²) < 4.78 is 0. The zero-order valence-corrected chi connectivity index (χ0v) is 19.4. The number of aliphatic hydroxyl groups is 1.